The molecule has 1 rings (SSSR count). The first kappa shape index (κ1) is 25.8. The SMILES string of the molecule is CCNC(=NCCN(C)CC(F)(F)F)NCCc1ccc(C)c(OC)c1.I. The maximum absolute atomic E-state index is 12.3. The quantitative estimate of drug-likeness (QED) is 0.310. The largest absolute Gasteiger partial charge is 0.496 e. The van der Waals surface area contributed by atoms with Crippen LogP contribution in [0.2, 0.25) is 0 Å². The van der Waals surface area contributed by atoms with Crippen LogP contribution in [-0.2, 0) is 6.42 Å². The lowest BCUT2D eigenvalue weighted by Gasteiger charge is -2.18. The number of halogens is 4. The van der Waals surface area contributed by atoms with Gasteiger partial charge in [0.15, 0.2) is 5.96 Å². The van der Waals surface area contributed by atoms with E-state index in [-0.39, 0.29) is 30.5 Å². The molecular weight excluding hydrogens is 472 g/mol. The van der Waals surface area contributed by atoms with Crippen molar-refractivity contribution >= 4 is 29.9 Å². The predicted octanol–water partition coefficient (Wildman–Crippen LogP) is 3.21. The zero-order chi connectivity index (χ0) is 19.6. The van der Waals surface area contributed by atoms with Crippen LogP contribution in [0.3, 0.4) is 0 Å². The van der Waals surface area contributed by atoms with Crippen molar-refractivity contribution in [1.29, 1.82) is 0 Å². The number of methoxy groups -OCH3 is 1. The molecule has 156 valence electrons. The summed E-state index contributed by atoms with van der Waals surface area (Å²) in [5.41, 5.74) is 2.22. The molecule has 0 bridgehead atoms. The molecule has 0 atom stereocenters. The van der Waals surface area contributed by atoms with E-state index >= 15 is 0 Å². The number of alkyl halides is 3. The predicted molar refractivity (Wildman–Crippen MR) is 114 cm³/mol. The smallest absolute Gasteiger partial charge is 0.401 e. The van der Waals surface area contributed by atoms with E-state index < -0.39 is 12.7 Å². The third kappa shape index (κ3) is 11.3. The molecule has 0 aliphatic carbocycles. The first-order valence-corrected chi connectivity index (χ1v) is 8.66. The molecule has 0 spiro atoms. The van der Waals surface area contributed by atoms with Crippen LogP contribution in [0, 0.1) is 6.92 Å². The van der Waals surface area contributed by atoms with Gasteiger partial charge in [0.1, 0.15) is 5.75 Å². The third-order valence-electron chi connectivity index (χ3n) is 3.72. The fraction of sp³-hybridized carbons (Fsp3) is 0.611. The molecule has 1 aromatic carbocycles. The Kier molecular flexibility index (Phi) is 12.4. The number of nitrogens with one attached hydrogen (secondary N) is 2. The van der Waals surface area contributed by atoms with Crippen LogP contribution in [0.4, 0.5) is 13.2 Å². The highest BCUT2D eigenvalue weighted by Gasteiger charge is 2.28. The first-order chi connectivity index (χ1) is 12.2. The molecule has 27 heavy (non-hydrogen) atoms. The van der Waals surface area contributed by atoms with Crippen LogP contribution in [0.15, 0.2) is 23.2 Å². The van der Waals surface area contributed by atoms with Crippen LogP contribution in [-0.4, -0.2) is 63.9 Å². The molecule has 0 fully saturated rings. The van der Waals surface area contributed by atoms with Gasteiger partial charge in [-0.15, -0.1) is 24.0 Å². The van der Waals surface area contributed by atoms with E-state index in [1.54, 1.807) is 7.11 Å². The average Bonchev–Trinajstić information content (AvgIpc) is 2.54. The van der Waals surface area contributed by atoms with E-state index in [0.29, 0.717) is 25.6 Å². The summed E-state index contributed by atoms with van der Waals surface area (Å²) >= 11 is 0. The van der Waals surface area contributed by atoms with E-state index in [1.165, 1.54) is 11.9 Å². The fourth-order valence-electron chi connectivity index (χ4n) is 2.40. The Morgan fingerprint density at radius 3 is 2.56 bits per heavy atom. The van der Waals surface area contributed by atoms with Crippen molar-refractivity contribution in [2.75, 3.05) is 46.9 Å². The van der Waals surface area contributed by atoms with Crippen LogP contribution >= 0.6 is 24.0 Å². The molecule has 2 N–H and O–H groups in total. The van der Waals surface area contributed by atoms with Gasteiger partial charge in [-0.25, -0.2) is 0 Å². The Morgan fingerprint density at radius 2 is 1.96 bits per heavy atom. The molecule has 0 aromatic heterocycles. The van der Waals surface area contributed by atoms with Gasteiger partial charge in [0.2, 0.25) is 0 Å². The number of aryl methyl sites for hydroxylation is 1. The van der Waals surface area contributed by atoms with Gasteiger partial charge in [-0.05, 0) is 44.5 Å². The number of nitrogens with zero attached hydrogens (tertiary/aromatic N) is 2. The highest BCUT2D eigenvalue weighted by atomic mass is 127. The number of rotatable bonds is 9. The monoisotopic (exact) mass is 502 g/mol. The molecule has 0 amide bonds. The van der Waals surface area contributed by atoms with Crippen LogP contribution in [0.25, 0.3) is 0 Å². The van der Waals surface area contributed by atoms with E-state index in [1.807, 2.05) is 26.0 Å². The Balaban J connectivity index is 0.00000676. The number of benzene rings is 1. The second kappa shape index (κ2) is 13.0. The Morgan fingerprint density at radius 1 is 1.26 bits per heavy atom. The molecule has 1 aromatic rings. The molecule has 0 saturated carbocycles. The Labute approximate surface area is 176 Å². The standard InChI is InChI=1S/C18H29F3N4O.HI/c1-5-22-17(24-10-11-25(3)13-18(19,20)21)23-9-8-15-7-6-14(2)16(12-15)26-4;/h6-7,12H,5,8-11,13H2,1-4H3,(H2,22,23,24);1H. The van der Waals surface area contributed by atoms with E-state index in [2.05, 4.69) is 21.7 Å². The maximum Gasteiger partial charge on any atom is 0.401 e. The molecule has 9 heteroatoms. The zero-order valence-corrected chi connectivity index (χ0v) is 18.6. The van der Waals surface area contributed by atoms with Gasteiger partial charge in [0.25, 0.3) is 0 Å². The molecule has 0 radical (unpaired) electrons. The van der Waals surface area contributed by atoms with Gasteiger partial charge < -0.3 is 15.4 Å². The zero-order valence-electron chi connectivity index (χ0n) is 16.3. The second-order valence-corrected chi connectivity index (χ2v) is 6.09. The minimum Gasteiger partial charge on any atom is -0.496 e. The summed E-state index contributed by atoms with van der Waals surface area (Å²) in [5.74, 6) is 1.46. The number of hydrogen-bond acceptors (Lipinski definition) is 3. The van der Waals surface area contributed by atoms with Crippen molar-refractivity contribution in [3.63, 3.8) is 0 Å². The fourth-order valence-corrected chi connectivity index (χ4v) is 2.40. The molecule has 0 aliphatic rings. The topological polar surface area (TPSA) is 48.9 Å². The summed E-state index contributed by atoms with van der Waals surface area (Å²) in [5, 5.41) is 6.30. The highest BCUT2D eigenvalue weighted by molar-refractivity contribution is 14.0. The van der Waals surface area contributed by atoms with Crippen LogP contribution < -0.4 is 15.4 Å². The molecule has 0 heterocycles. The second-order valence-electron chi connectivity index (χ2n) is 6.09. The van der Waals surface area contributed by atoms with Crippen molar-refractivity contribution in [1.82, 2.24) is 15.5 Å². The Hall–Kier alpha value is -1.23. The average molecular weight is 502 g/mol. The minimum atomic E-state index is -4.18. The maximum atomic E-state index is 12.3. The number of aliphatic imine (C=N–C) groups is 1. The summed E-state index contributed by atoms with van der Waals surface area (Å²) < 4.78 is 42.2. The summed E-state index contributed by atoms with van der Waals surface area (Å²) in [6.45, 7) is 4.89. The van der Waals surface area contributed by atoms with Crippen molar-refractivity contribution in [2.24, 2.45) is 4.99 Å². The first-order valence-electron chi connectivity index (χ1n) is 8.66. The number of hydrogen-bond donors (Lipinski definition) is 2. The molecule has 0 saturated heterocycles. The lowest BCUT2D eigenvalue weighted by atomic mass is 10.1. The van der Waals surface area contributed by atoms with Gasteiger partial charge in [0, 0.05) is 19.6 Å². The summed E-state index contributed by atoms with van der Waals surface area (Å²) in [6.07, 6.45) is -3.40. The van der Waals surface area contributed by atoms with Gasteiger partial charge in [-0.1, -0.05) is 12.1 Å². The van der Waals surface area contributed by atoms with Crippen molar-refractivity contribution in [3.8, 4) is 5.75 Å². The lowest BCUT2D eigenvalue weighted by Crippen LogP contribution is -2.39. The molecule has 0 aliphatic heterocycles. The molecule has 0 unspecified atom stereocenters. The Bertz CT molecular complexity index is 582. The normalized spacial score (nSPS) is 11.9. The van der Waals surface area contributed by atoms with E-state index in [0.717, 1.165) is 23.3 Å². The lowest BCUT2D eigenvalue weighted by molar-refractivity contribution is -0.142. The minimum absolute atomic E-state index is 0. The molecular formula is C18H30F3IN4O. The van der Waals surface area contributed by atoms with Gasteiger partial charge in [0.05, 0.1) is 20.2 Å². The number of ether oxygens (including phenoxy) is 1. The van der Waals surface area contributed by atoms with Crippen molar-refractivity contribution in [3.05, 3.63) is 29.3 Å². The van der Waals surface area contributed by atoms with Crippen molar-refractivity contribution in [2.45, 2.75) is 26.4 Å². The summed E-state index contributed by atoms with van der Waals surface area (Å²) in [7, 11) is 3.09. The van der Waals surface area contributed by atoms with Crippen molar-refractivity contribution < 1.29 is 17.9 Å². The van der Waals surface area contributed by atoms with Gasteiger partial charge in [-0.3, -0.25) is 9.89 Å². The number of likely N-dealkylation sites (N-methyl/N-ethyl adjacent to an activating group) is 1. The van der Waals surface area contributed by atoms with Gasteiger partial charge in [-0.2, -0.15) is 13.2 Å². The highest BCUT2D eigenvalue weighted by Crippen LogP contribution is 2.19. The number of guanidine groups is 1. The van der Waals surface area contributed by atoms with E-state index in [4.69, 9.17) is 4.74 Å². The van der Waals surface area contributed by atoms with E-state index in [9.17, 15) is 13.2 Å². The summed E-state index contributed by atoms with van der Waals surface area (Å²) in [6, 6.07) is 6.08. The van der Waals surface area contributed by atoms with Gasteiger partial charge >= 0.3 is 6.18 Å². The summed E-state index contributed by atoms with van der Waals surface area (Å²) in [4.78, 5) is 5.54. The van der Waals surface area contributed by atoms with Crippen LogP contribution in [0.1, 0.15) is 18.1 Å². The third-order valence-corrected chi connectivity index (χ3v) is 3.72. The molecule has 5 nitrogen and oxygen atoms in total. The van der Waals surface area contributed by atoms with Crippen LogP contribution in [0.5, 0.6) is 5.75 Å².